The first kappa shape index (κ1) is 13.5. The van der Waals surface area contributed by atoms with Gasteiger partial charge in [-0.05, 0) is 58.3 Å². The van der Waals surface area contributed by atoms with Crippen molar-refractivity contribution in [3.05, 3.63) is 12.3 Å². The summed E-state index contributed by atoms with van der Waals surface area (Å²) >= 11 is 0. The summed E-state index contributed by atoms with van der Waals surface area (Å²) in [7, 11) is 0. The van der Waals surface area contributed by atoms with Crippen LogP contribution in [0.3, 0.4) is 0 Å². The lowest BCUT2D eigenvalue weighted by Gasteiger charge is -2.21. The molecular weight excluding hydrogens is 256 g/mol. The molecule has 0 radical (unpaired) electrons. The minimum atomic E-state index is -0.519. The molecule has 0 spiro atoms. The molecule has 1 aromatic rings. The van der Waals surface area contributed by atoms with Crippen LogP contribution in [0.15, 0.2) is 12.3 Å². The zero-order chi connectivity index (χ0) is 14.3. The van der Waals surface area contributed by atoms with E-state index in [0.717, 1.165) is 12.3 Å². The highest BCUT2D eigenvalue weighted by Gasteiger charge is 2.41. The van der Waals surface area contributed by atoms with Crippen LogP contribution in [0.1, 0.15) is 46.5 Å². The van der Waals surface area contributed by atoms with E-state index in [1.807, 2.05) is 20.8 Å². The molecule has 0 aromatic carbocycles. The fourth-order valence-electron chi connectivity index (χ4n) is 3.27. The standard InChI is InChI=1S/C15H22N2O3/c1-15(2,3)20-14(18)17-7-6-13(16-17)19-12-9-10-4-5-11(12)8-10/h6-7,10-12H,4-5,8-9H2,1-3H3/t10-,11-,12+/m1/s1. The molecule has 0 N–H and O–H groups in total. The topological polar surface area (TPSA) is 53.4 Å². The van der Waals surface area contributed by atoms with Crippen molar-refractivity contribution in [1.82, 2.24) is 9.78 Å². The van der Waals surface area contributed by atoms with Gasteiger partial charge in [-0.25, -0.2) is 4.79 Å². The number of hydrogen-bond donors (Lipinski definition) is 0. The third kappa shape index (κ3) is 2.81. The van der Waals surface area contributed by atoms with Gasteiger partial charge in [-0.1, -0.05) is 0 Å². The van der Waals surface area contributed by atoms with Crippen LogP contribution < -0.4 is 4.74 Å². The zero-order valence-electron chi connectivity index (χ0n) is 12.3. The molecule has 0 aliphatic heterocycles. The van der Waals surface area contributed by atoms with Gasteiger partial charge in [0.15, 0.2) is 0 Å². The number of hydrogen-bond acceptors (Lipinski definition) is 4. The Morgan fingerprint density at radius 2 is 2.15 bits per heavy atom. The van der Waals surface area contributed by atoms with Gasteiger partial charge in [-0.3, -0.25) is 0 Å². The number of carbonyl (C=O) groups is 1. The van der Waals surface area contributed by atoms with Gasteiger partial charge in [0.05, 0.1) is 0 Å². The molecule has 1 aromatic heterocycles. The third-order valence-corrected chi connectivity index (χ3v) is 4.09. The minimum Gasteiger partial charge on any atom is -0.473 e. The van der Waals surface area contributed by atoms with Gasteiger partial charge in [-0.2, -0.15) is 4.68 Å². The summed E-state index contributed by atoms with van der Waals surface area (Å²) in [4.78, 5) is 11.9. The molecule has 3 rings (SSSR count). The largest absolute Gasteiger partial charge is 0.473 e. The van der Waals surface area contributed by atoms with Crippen molar-refractivity contribution >= 4 is 6.09 Å². The van der Waals surface area contributed by atoms with E-state index in [9.17, 15) is 4.79 Å². The summed E-state index contributed by atoms with van der Waals surface area (Å²) in [5.74, 6) is 2.03. The van der Waals surface area contributed by atoms with E-state index in [2.05, 4.69) is 5.10 Å². The molecule has 20 heavy (non-hydrogen) atoms. The van der Waals surface area contributed by atoms with Gasteiger partial charge in [0, 0.05) is 12.3 Å². The van der Waals surface area contributed by atoms with E-state index in [1.54, 1.807) is 12.3 Å². The second kappa shape index (κ2) is 4.79. The van der Waals surface area contributed by atoms with Crippen LogP contribution in [0.25, 0.3) is 0 Å². The Balaban J connectivity index is 1.61. The Morgan fingerprint density at radius 1 is 1.35 bits per heavy atom. The quantitative estimate of drug-likeness (QED) is 0.833. The maximum Gasteiger partial charge on any atom is 0.435 e. The first-order chi connectivity index (χ1) is 9.40. The number of rotatable bonds is 2. The first-order valence-electron chi connectivity index (χ1n) is 7.36. The Bertz CT molecular complexity index is 503. The lowest BCUT2D eigenvalue weighted by atomic mass is 9.98. The smallest absolute Gasteiger partial charge is 0.435 e. The van der Waals surface area contributed by atoms with Gasteiger partial charge in [0.25, 0.3) is 0 Å². The molecule has 0 saturated heterocycles. The molecule has 5 heteroatoms. The van der Waals surface area contributed by atoms with Gasteiger partial charge >= 0.3 is 6.09 Å². The lowest BCUT2D eigenvalue weighted by Crippen LogP contribution is -2.27. The lowest BCUT2D eigenvalue weighted by molar-refractivity contribution is 0.0507. The Morgan fingerprint density at radius 3 is 2.75 bits per heavy atom. The molecular formula is C15H22N2O3. The van der Waals surface area contributed by atoms with Crippen molar-refractivity contribution < 1.29 is 14.3 Å². The second-order valence-electron chi connectivity index (χ2n) is 6.91. The summed E-state index contributed by atoms with van der Waals surface area (Å²) in [5.41, 5.74) is -0.519. The fourth-order valence-corrected chi connectivity index (χ4v) is 3.27. The van der Waals surface area contributed by atoms with Crippen molar-refractivity contribution in [2.45, 2.75) is 58.2 Å². The maximum absolute atomic E-state index is 11.9. The highest BCUT2D eigenvalue weighted by atomic mass is 16.6. The van der Waals surface area contributed by atoms with Gasteiger partial charge in [-0.15, -0.1) is 5.10 Å². The van der Waals surface area contributed by atoms with E-state index in [1.165, 1.54) is 23.9 Å². The van der Waals surface area contributed by atoms with Crippen molar-refractivity contribution in [3.63, 3.8) is 0 Å². The molecule has 2 aliphatic rings. The van der Waals surface area contributed by atoms with Crippen molar-refractivity contribution in [2.24, 2.45) is 11.8 Å². The maximum atomic E-state index is 11.9. The Kier molecular flexibility index (Phi) is 3.22. The highest BCUT2D eigenvalue weighted by molar-refractivity contribution is 5.69. The second-order valence-corrected chi connectivity index (χ2v) is 6.91. The molecule has 0 amide bonds. The number of nitrogens with zero attached hydrogens (tertiary/aromatic N) is 2. The Hall–Kier alpha value is -1.52. The predicted molar refractivity (Wildman–Crippen MR) is 73.7 cm³/mol. The molecule has 2 fully saturated rings. The van der Waals surface area contributed by atoms with Crippen LogP contribution in [-0.2, 0) is 4.74 Å². The average Bonchev–Trinajstić information content (AvgIpc) is 3.01. The third-order valence-electron chi connectivity index (χ3n) is 4.09. The molecule has 2 saturated carbocycles. The summed E-state index contributed by atoms with van der Waals surface area (Å²) in [6.45, 7) is 5.50. The van der Waals surface area contributed by atoms with E-state index in [0.29, 0.717) is 11.8 Å². The van der Waals surface area contributed by atoms with Gasteiger partial charge in [0.2, 0.25) is 5.88 Å². The van der Waals surface area contributed by atoms with Gasteiger partial charge < -0.3 is 9.47 Å². The number of ether oxygens (including phenoxy) is 2. The number of fused-ring (bicyclic) bond motifs is 2. The molecule has 2 aliphatic carbocycles. The SMILES string of the molecule is CC(C)(C)OC(=O)n1ccc(O[C@H]2C[C@@H]3CC[C@@H]2C3)n1. The van der Waals surface area contributed by atoms with Crippen LogP contribution in [0.5, 0.6) is 5.88 Å². The zero-order valence-corrected chi connectivity index (χ0v) is 12.3. The summed E-state index contributed by atoms with van der Waals surface area (Å²) in [6.07, 6.45) is 6.42. The van der Waals surface area contributed by atoms with Gasteiger partial charge in [0.1, 0.15) is 11.7 Å². The van der Waals surface area contributed by atoms with E-state index >= 15 is 0 Å². The van der Waals surface area contributed by atoms with E-state index in [-0.39, 0.29) is 6.10 Å². The van der Waals surface area contributed by atoms with Crippen molar-refractivity contribution in [1.29, 1.82) is 0 Å². The molecule has 1 heterocycles. The van der Waals surface area contributed by atoms with E-state index in [4.69, 9.17) is 9.47 Å². The molecule has 3 atom stereocenters. The highest BCUT2D eigenvalue weighted by Crippen LogP contribution is 2.45. The summed E-state index contributed by atoms with van der Waals surface area (Å²) in [6, 6.07) is 1.73. The first-order valence-corrected chi connectivity index (χ1v) is 7.36. The molecule has 110 valence electrons. The van der Waals surface area contributed by atoms with Crippen LogP contribution in [0.2, 0.25) is 0 Å². The summed E-state index contributed by atoms with van der Waals surface area (Å²) in [5, 5.41) is 4.16. The van der Waals surface area contributed by atoms with Crippen LogP contribution >= 0.6 is 0 Å². The monoisotopic (exact) mass is 278 g/mol. The number of aromatic nitrogens is 2. The number of carbonyl (C=O) groups excluding carboxylic acids is 1. The molecule has 0 unspecified atom stereocenters. The Labute approximate surface area is 119 Å². The average molecular weight is 278 g/mol. The fraction of sp³-hybridized carbons (Fsp3) is 0.733. The van der Waals surface area contributed by atoms with Crippen LogP contribution in [-0.4, -0.2) is 27.6 Å². The van der Waals surface area contributed by atoms with Crippen LogP contribution in [0.4, 0.5) is 4.79 Å². The van der Waals surface area contributed by atoms with Crippen LogP contribution in [0, 0.1) is 11.8 Å². The normalized spacial score (nSPS) is 28.6. The van der Waals surface area contributed by atoms with Crippen molar-refractivity contribution in [2.75, 3.05) is 0 Å². The van der Waals surface area contributed by atoms with Crippen molar-refractivity contribution in [3.8, 4) is 5.88 Å². The van der Waals surface area contributed by atoms with E-state index < -0.39 is 11.7 Å². The molecule has 5 nitrogen and oxygen atoms in total. The minimum absolute atomic E-state index is 0.274. The summed E-state index contributed by atoms with van der Waals surface area (Å²) < 4.78 is 12.4. The molecule has 2 bridgehead atoms. The predicted octanol–water partition coefficient (Wildman–Crippen LogP) is 3.23.